The molecule has 0 saturated carbocycles. The molecule has 2 aromatic heterocycles. The predicted octanol–water partition coefficient (Wildman–Crippen LogP) is 3.56. The molecule has 0 amide bonds. The zero-order chi connectivity index (χ0) is 14.4. The number of aromatic nitrogens is 2. The molecule has 0 radical (unpaired) electrons. The quantitative estimate of drug-likeness (QED) is 0.786. The van der Waals surface area contributed by atoms with E-state index in [2.05, 4.69) is 41.3 Å². The summed E-state index contributed by atoms with van der Waals surface area (Å²) in [6.45, 7) is 0.569. The molecule has 4 rings (SSSR count). The Morgan fingerprint density at radius 2 is 2.29 bits per heavy atom. The molecule has 108 valence electrons. The van der Waals surface area contributed by atoms with E-state index < -0.39 is 0 Å². The number of aryl methyl sites for hydroxylation is 2. The molecule has 1 aliphatic rings. The molecule has 3 nitrogen and oxygen atoms in total. The van der Waals surface area contributed by atoms with Gasteiger partial charge in [-0.3, -0.25) is 0 Å². The van der Waals surface area contributed by atoms with Gasteiger partial charge in [0.2, 0.25) is 0 Å². The van der Waals surface area contributed by atoms with Gasteiger partial charge < -0.3 is 10.3 Å². The fraction of sp³-hybridized carbons (Fsp3) is 0.353. The third-order valence-electron chi connectivity index (χ3n) is 4.58. The summed E-state index contributed by atoms with van der Waals surface area (Å²) in [6, 6.07) is 8.65. The van der Waals surface area contributed by atoms with Crippen molar-refractivity contribution < 1.29 is 0 Å². The molecular weight excluding hydrogens is 278 g/mol. The summed E-state index contributed by atoms with van der Waals surface area (Å²) in [5.41, 5.74) is 10.6. The Bertz CT molecular complexity index is 800. The van der Waals surface area contributed by atoms with Gasteiger partial charge in [0.15, 0.2) is 0 Å². The number of hydrogen-bond acceptors (Lipinski definition) is 3. The van der Waals surface area contributed by atoms with Gasteiger partial charge in [-0.1, -0.05) is 6.07 Å². The summed E-state index contributed by atoms with van der Waals surface area (Å²) >= 11 is 1.89. The molecule has 3 aromatic rings. The van der Waals surface area contributed by atoms with Crippen molar-refractivity contribution in [2.45, 2.75) is 31.7 Å². The van der Waals surface area contributed by atoms with Crippen LogP contribution in [0.3, 0.4) is 0 Å². The Balaban J connectivity index is 1.86. The van der Waals surface area contributed by atoms with Crippen molar-refractivity contribution in [1.82, 2.24) is 9.55 Å². The van der Waals surface area contributed by atoms with Crippen LogP contribution in [0.25, 0.3) is 11.0 Å². The van der Waals surface area contributed by atoms with E-state index >= 15 is 0 Å². The first-order chi connectivity index (χ1) is 10.3. The third kappa shape index (κ3) is 2.01. The highest BCUT2D eigenvalue weighted by atomic mass is 32.1. The van der Waals surface area contributed by atoms with Gasteiger partial charge in [0, 0.05) is 24.4 Å². The van der Waals surface area contributed by atoms with Gasteiger partial charge in [-0.25, -0.2) is 4.98 Å². The average molecular weight is 297 g/mol. The van der Waals surface area contributed by atoms with Crippen molar-refractivity contribution in [2.75, 3.05) is 0 Å². The van der Waals surface area contributed by atoms with Gasteiger partial charge in [0.1, 0.15) is 5.82 Å². The minimum absolute atomic E-state index is 0.443. The van der Waals surface area contributed by atoms with Crippen molar-refractivity contribution >= 4 is 22.4 Å². The molecular formula is C17H19N3S. The molecule has 0 bridgehead atoms. The van der Waals surface area contributed by atoms with Crippen LogP contribution in [-0.2, 0) is 20.0 Å². The van der Waals surface area contributed by atoms with E-state index in [0.29, 0.717) is 12.5 Å². The Labute approximate surface area is 128 Å². The van der Waals surface area contributed by atoms with E-state index in [0.717, 1.165) is 11.1 Å². The maximum atomic E-state index is 5.74. The second-order valence-corrected chi connectivity index (χ2v) is 6.80. The van der Waals surface area contributed by atoms with E-state index in [1.54, 1.807) is 4.88 Å². The largest absolute Gasteiger partial charge is 0.331 e. The molecule has 0 aliphatic heterocycles. The van der Waals surface area contributed by atoms with Gasteiger partial charge in [-0.05, 0) is 54.0 Å². The molecule has 1 aliphatic carbocycles. The lowest BCUT2D eigenvalue weighted by molar-refractivity contribution is 0.584. The zero-order valence-electron chi connectivity index (χ0n) is 12.2. The lowest BCUT2D eigenvalue weighted by Gasteiger charge is -2.22. The Kier molecular flexibility index (Phi) is 3.08. The van der Waals surface area contributed by atoms with Gasteiger partial charge in [-0.15, -0.1) is 11.3 Å². The summed E-state index contributed by atoms with van der Waals surface area (Å²) in [5, 5.41) is 2.22. The summed E-state index contributed by atoms with van der Waals surface area (Å²) in [6.07, 6.45) is 3.69. The number of hydrogen-bond donors (Lipinski definition) is 1. The molecule has 1 atom stereocenters. The summed E-state index contributed by atoms with van der Waals surface area (Å²) < 4.78 is 2.26. The van der Waals surface area contributed by atoms with Gasteiger partial charge in [-0.2, -0.15) is 0 Å². The standard InChI is InChI=1S/C17H19N3S/c1-20-15-6-5-11(10-18)9-14(15)19-17(20)13-3-2-4-16-12(13)7-8-21-16/h5-9,13H,2-4,10,18H2,1H3. The molecule has 2 heterocycles. The fourth-order valence-electron chi connectivity index (χ4n) is 3.46. The maximum Gasteiger partial charge on any atom is 0.117 e. The number of nitrogens with zero attached hydrogens (tertiary/aromatic N) is 2. The first-order valence-electron chi connectivity index (χ1n) is 7.49. The van der Waals surface area contributed by atoms with Crippen LogP contribution >= 0.6 is 11.3 Å². The minimum Gasteiger partial charge on any atom is -0.331 e. The molecule has 2 N–H and O–H groups in total. The van der Waals surface area contributed by atoms with Crippen LogP contribution < -0.4 is 5.73 Å². The molecule has 0 saturated heterocycles. The van der Waals surface area contributed by atoms with E-state index in [-0.39, 0.29) is 0 Å². The first-order valence-corrected chi connectivity index (χ1v) is 8.37. The highest BCUT2D eigenvalue weighted by Gasteiger charge is 2.26. The van der Waals surface area contributed by atoms with Crippen molar-refractivity contribution in [1.29, 1.82) is 0 Å². The second-order valence-electron chi connectivity index (χ2n) is 5.80. The number of rotatable bonds is 2. The highest BCUT2D eigenvalue weighted by Crippen LogP contribution is 2.39. The lowest BCUT2D eigenvalue weighted by atomic mass is 9.87. The number of nitrogens with two attached hydrogens (primary N) is 1. The highest BCUT2D eigenvalue weighted by molar-refractivity contribution is 7.10. The van der Waals surface area contributed by atoms with Gasteiger partial charge >= 0.3 is 0 Å². The number of fused-ring (bicyclic) bond motifs is 2. The van der Waals surface area contributed by atoms with Crippen LogP contribution in [0.5, 0.6) is 0 Å². The fourth-order valence-corrected chi connectivity index (χ4v) is 4.44. The van der Waals surface area contributed by atoms with E-state index in [1.807, 2.05) is 11.3 Å². The smallest absolute Gasteiger partial charge is 0.117 e. The van der Waals surface area contributed by atoms with Gasteiger partial charge in [0.05, 0.1) is 11.0 Å². The van der Waals surface area contributed by atoms with Crippen LogP contribution in [0.4, 0.5) is 0 Å². The van der Waals surface area contributed by atoms with Gasteiger partial charge in [0.25, 0.3) is 0 Å². The molecule has 1 unspecified atom stereocenters. The summed E-state index contributed by atoms with van der Waals surface area (Å²) in [5.74, 6) is 1.64. The van der Waals surface area contributed by atoms with Crippen molar-refractivity contribution in [2.24, 2.45) is 12.8 Å². The van der Waals surface area contributed by atoms with Crippen molar-refractivity contribution in [3.05, 3.63) is 51.5 Å². The SMILES string of the molecule is Cn1c(C2CCCc3sccc32)nc2cc(CN)ccc21. The van der Waals surface area contributed by atoms with Crippen LogP contribution in [0.1, 0.15) is 40.6 Å². The van der Waals surface area contributed by atoms with E-state index in [4.69, 9.17) is 10.7 Å². The second kappa shape index (κ2) is 4.97. The topological polar surface area (TPSA) is 43.8 Å². The lowest BCUT2D eigenvalue weighted by Crippen LogP contribution is -2.12. The number of benzene rings is 1. The van der Waals surface area contributed by atoms with Crippen LogP contribution in [0, 0.1) is 0 Å². The molecule has 1 aromatic carbocycles. The number of thiophene rings is 1. The Morgan fingerprint density at radius 3 is 3.14 bits per heavy atom. The van der Waals surface area contributed by atoms with Crippen molar-refractivity contribution in [3.63, 3.8) is 0 Å². The Morgan fingerprint density at radius 1 is 1.38 bits per heavy atom. The van der Waals surface area contributed by atoms with Crippen molar-refractivity contribution in [3.8, 4) is 0 Å². The third-order valence-corrected chi connectivity index (χ3v) is 5.58. The van der Waals surface area contributed by atoms with E-state index in [1.165, 1.54) is 36.2 Å². The zero-order valence-corrected chi connectivity index (χ0v) is 13.0. The first kappa shape index (κ1) is 13.0. The number of imidazole rings is 1. The summed E-state index contributed by atoms with van der Waals surface area (Å²) in [4.78, 5) is 6.48. The molecule has 4 heteroatoms. The minimum atomic E-state index is 0.443. The van der Waals surface area contributed by atoms with Crippen LogP contribution in [0.2, 0.25) is 0 Å². The monoisotopic (exact) mass is 297 g/mol. The normalized spacial score (nSPS) is 18.1. The van der Waals surface area contributed by atoms with Crippen LogP contribution in [0.15, 0.2) is 29.6 Å². The molecule has 21 heavy (non-hydrogen) atoms. The summed E-state index contributed by atoms with van der Waals surface area (Å²) in [7, 11) is 2.13. The molecule has 0 fully saturated rings. The molecule has 0 spiro atoms. The average Bonchev–Trinajstić information content (AvgIpc) is 3.11. The van der Waals surface area contributed by atoms with E-state index in [9.17, 15) is 0 Å². The van der Waals surface area contributed by atoms with Crippen LogP contribution in [-0.4, -0.2) is 9.55 Å². The maximum absolute atomic E-state index is 5.74. The Hall–Kier alpha value is -1.65. The predicted molar refractivity (Wildman–Crippen MR) is 87.7 cm³/mol.